The summed E-state index contributed by atoms with van der Waals surface area (Å²) in [5.41, 5.74) is 0.0289. The van der Waals surface area contributed by atoms with Gasteiger partial charge in [-0.15, -0.1) is 0 Å². The van der Waals surface area contributed by atoms with Crippen molar-refractivity contribution in [3.63, 3.8) is 0 Å². The Morgan fingerprint density at radius 1 is 1.15 bits per heavy atom. The van der Waals surface area contributed by atoms with Gasteiger partial charge in [0.15, 0.2) is 17.2 Å². The van der Waals surface area contributed by atoms with Crippen LogP contribution in [0, 0.1) is 6.92 Å². The molecule has 0 saturated carbocycles. The number of hydrogen-bond donors (Lipinski definition) is 1. The quantitative estimate of drug-likeness (QED) is 0.757. The summed E-state index contributed by atoms with van der Waals surface area (Å²) in [4.78, 5) is 12.1. The maximum Gasteiger partial charge on any atom is 0.435 e. The third-order valence-corrected chi connectivity index (χ3v) is 3.66. The molecule has 1 amide bonds. The maximum atomic E-state index is 12.7. The van der Waals surface area contributed by atoms with Crippen molar-refractivity contribution in [3.8, 4) is 11.5 Å². The van der Waals surface area contributed by atoms with Gasteiger partial charge in [-0.25, -0.2) is 0 Å². The van der Waals surface area contributed by atoms with E-state index in [1.807, 2.05) is 13.8 Å². The molecular weight excluding hydrogens is 363 g/mol. The average molecular weight is 385 g/mol. The van der Waals surface area contributed by atoms with Crippen molar-refractivity contribution in [1.82, 2.24) is 15.1 Å². The molecule has 0 aliphatic rings. The maximum absolute atomic E-state index is 12.7. The van der Waals surface area contributed by atoms with Crippen LogP contribution in [0.25, 0.3) is 0 Å². The summed E-state index contributed by atoms with van der Waals surface area (Å²) in [6, 6.07) is 6.21. The summed E-state index contributed by atoms with van der Waals surface area (Å²) in [5, 5.41) is 6.11. The van der Waals surface area contributed by atoms with Crippen LogP contribution in [-0.4, -0.2) is 28.9 Å². The zero-order chi connectivity index (χ0) is 20.0. The number of hydrogen-bond acceptors (Lipinski definition) is 4. The predicted molar refractivity (Wildman–Crippen MR) is 92.6 cm³/mol. The smallest absolute Gasteiger partial charge is 0.435 e. The number of halogens is 3. The first-order chi connectivity index (χ1) is 12.7. The van der Waals surface area contributed by atoms with Crippen molar-refractivity contribution in [2.75, 3.05) is 13.2 Å². The third-order valence-electron chi connectivity index (χ3n) is 3.66. The van der Waals surface area contributed by atoms with Crippen LogP contribution in [0.2, 0.25) is 0 Å². The SMILES string of the molecule is CCOc1ccc(CNC(=O)Cn2nc(C(F)(F)F)cc2C)cc1OCC. The Labute approximate surface area is 155 Å². The van der Waals surface area contributed by atoms with Crippen molar-refractivity contribution >= 4 is 5.91 Å². The molecule has 148 valence electrons. The lowest BCUT2D eigenvalue weighted by molar-refractivity contribution is -0.141. The largest absolute Gasteiger partial charge is 0.490 e. The van der Waals surface area contributed by atoms with Gasteiger partial charge < -0.3 is 14.8 Å². The molecule has 0 spiro atoms. The van der Waals surface area contributed by atoms with Gasteiger partial charge in [0.2, 0.25) is 5.91 Å². The van der Waals surface area contributed by atoms with Crippen molar-refractivity contribution < 1.29 is 27.4 Å². The first-order valence-electron chi connectivity index (χ1n) is 8.51. The zero-order valence-electron chi connectivity index (χ0n) is 15.4. The van der Waals surface area contributed by atoms with Crippen molar-refractivity contribution in [2.24, 2.45) is 0 Å². The molecule has 1 aromatic carbocycles. The molecule has 1 aromatic heterocycles. The molecule has 0 bridgehead atoms. The summed E-state index contributed by atoms with van der Waals surface area (Å²) in [6.07, 6.45) is -4.54. The fraction of sp³-hybridized carbons (Fsp3) is 0.444. The van der Waals surface area contributed by atoms with E-state index in [9.17, 15) is 18.0 Å². The number of aromatic nitrogens is 2. The molecule has 2 aromatic rings. The van der Waals surface area contributed by atoms with Crippen LogP contribution in [0.5, 0.6) is 11.5 Å². The van der Waals surface area contributed by atoms with E-state index in [4.69, 9.17) is 9.47 Å². The molecule has 0 aliphatic heterocycles. The number of alkyl halides is 3. The molecule has 0 radical (unpaired) electrons. The van der Waals surface area contributed by atoms with Gasteiger partial charge in [0, 0.05) is 12.2 Å². The Morgan fingerprint density at radius 3 is 2.41 bits per heavy atom. The normalized spacial score (nSPS) is 11.3. The van der Waals surface area contributed by atoms with Gasteiger partial charge in [0.05, 0.1) is 13.2 Å². The number of nitrogens with zero attached hydrogens (tertiary/aromatic N) is 2. The number of carbonyl (C=O) groups is 1. The second kappa shape index (κ2) is 8.79. The Kier molecular flexibility index (Phi) is 6.70. The number of ether oxygens (including phenoxy) is 2. The fourth-order valence-electron chi connectivity index (χ4n) is 2.41. The lowest BCUT2D eigenvalue weighted by Gasteiger charge is -2.13. The molecule has 0 fully saturated rings. The van der Waals surface area contributed by atoms with Crippen LogP contribution < -0.4 is 14.8 Å². The lowest BCUT2D eigenvalue weighted by Crippen LogP contribution is -2.28. The number of benzene rings is 1. The number of rotatable bonds is 8. The highest BCUT2D eigenvalue weighted by Crippen LogP contribution is 2.29. The van der Waals surface area contributed by atoms with Crippen molar-refractivity contribution in [3.05, 3.63) is 41.2 Å². The van der Waals surface area contributed by atoms with Gasteiger partial charge in [-0.1, -0.05) is 6.07 Å². The molecule has 6 nitrogen and oxygen atoms in total. The Balaban J connectivity index is 1.99. The van der Waals surface area contributed by atoms with E-state index in [-0.39, 0.29) is 18.8 Å². The van der Waals surface area contributed by atoms with E-state index < -0.39 is 17.8 Å². The monoisotopic (exact) mass is 385 g/mol. The van der Waals surface area contributed by atoms with Gasteiger partial charge in [0.25, 0.3) is 0 Å². The van der Waals surface area contributed by atoms with Gasteiger partial charge in [0.1, 0.15) is 6.54 Å². The molecule has 9 heteroatoms. The zero-order valence-corrected chi connectivity index (χ0v) is 15.4. The van der Waals surface area contributed by atoms with Crippen LogP contribution in [-0.2, 0) is 24.1 Å². The Bertz CT molecular complexity index is 788. The highest BCUT2D eigenvalue weighted by Gasteiger charge is 2.34. The van der Waals surface area contributed by atoms with E-state index in [2.05, 4.69) is 10.4 Å². The molecule has 0 saturated heterocycles. The standard InChI is InChI=1S/C18H22F3N3O3/c1-4-26-14-7-6-13(9-15(14)27-5-2)10-22-17(25)11-24-12(3)8-16(23-24)18(19,20)21/h6-9H,4-5,10-11H2,1-3H3,(H,22,25). The molecule has 2 rings (SSSR count). The second-order valence-corrected chi connectivity index (χ2v) is 5.75. The van der Waals surface area contributed by atoms with Crippen molar-refractivity contribution in [2.45, 2.75) is 40.0 Å². The van der Waals surface area contributed by atoms with Gasteiger partial charge in [-0.3, -0.25) is 9.48 Å². The second-order valence-electron chi connectivity index (χ2n) is 5.75. The minimum atomic E-state index is -4.54. The molecule has 27 heavy (non-hydrogen) atoms. The number of carbonyl (C=O) groups excluding carboxylic acids is 1. The first-order valence-corrected chi connectivity index (χ1v) is 8.51. The Hall–Kier alpha value is -2.71. The summed E-state index contributed by atoms with van der Waals surface area (Å²) < 4.78 is 50.1. The van der Waals surface area contributed by atoms with Gasteiger partial charge in [-0.05, 0) is 44.5 Å². The highest BCUT2D eigenvalue weighted by atomic mass is 19.4. The van der Waals surface area contributed by atoms with E-state index >= 15 is 0 Å². The van der Waals surface area contributed by atoms with Crippen LogP contribution in [0.1, 0.15) is 30.8 Å². The van der Waals surface area contributed by atoms with E-state index in [1.165, 1.54) is 6.92 Å². The van der Waals surface area contributed by atoms with Crippen LogP contribution in [0.3, 0.4) is 0 Å². The molecule has 0 unspecified atom stereocenters. The van der Waals surface area contributed by atoms with Crippen LogP contribution in [0.4, 0.5) is 13.2 Å². The topological polar surface area (TPSA) is 65.4 Å². The van der Waals surface area contributed by atoms with Gasteiger partial charge >= 0.3 is 6.18 Å². The van der Waals surface area contributed by atoms with Gasteiger partial charge in [-0.2, -0.15) is 18.3 Å². The fourth-order valence-corrected chi connectivity index (χ4v) is 2.41. The number of nitrogens with one attached hydrogen (secondary N) is 1. The highest BCUT2D eigenvalue weighted by molar-refractivity contribution is 5.75. The minimum absolute atomic E-state index is 0.206. The summed E-state index contributed by atoms with van der Waals surface area (Å²) in [6.45, 7) is 6.07. The molecule has 0 aliphatic carbocycles. The molecule has 0 atom stereocenters. The lowest BCUT2D eigenvalue weighted by atomic mass is 10.2. The number of aryl methyl sites for hydroxylation is 1. The molecule has 1 N–H and O–H groups in total. The van der Waals surface area contributed by atoms with E-state index in [1.54, 1.807) is 18.2 Å². The van der Waals surface area contributed by atoms with E-state index in [0.717, 1.165) is 16.3 Å². The minimum Gasteiger partial charge on any atom is -0.490 e. The summed E-state index contributed by atoms with van der Waals surface area (Å²) in [5.74, 6) is 0.742. The predicted octanol–water partition coefficient (Wildman–Crippen LogP) is 3.32. The molecular formula is C18H22F3N3O3. The first kappa shape index (κ1) is 20.6. The summed E-state index contributed by atoms with van der Waals surface area (Å²) in [7, 11) is 0. The van der Waals surface area contributed by atoms with Crippen LogP contribution >= 0.6 is 0 Å². The summed E-state index contributed by atoms with van der Waals surface area (Å²) >= 11 is 0. The Morgan fingerprint density at radius 2 is 1.81 bits per heavy atom. The number of amides is 1. The van der Waals surface area contributed by atoms with E-state index in [0.29, 0.717) is 24.7 Å². The van der Waals surface area contributed by atoms with Crippen molar-refractivity contribution in [1.29, 1.82) is 0 Å². The average Bonchev–Trinajstić information content (AvgIpc) is 2.96. The third kappa shape index (κ3) is 5.63. The molecule has 1 heterocycles. The van der Waals surface area contributed by atoms with Crippen LogP contribution in [0.15, 0.2) is 24.3 Å².